The van der Waals surface area contributed by atoms with E-state index in [4.69, 9.17) is 4.74 Å². The molecular weight excluding hydrogens is 135 g/mol. The number of nitrogens with zero attached hydrogens (tertiary/aromatic N) is 1. The number of aromatic nitrogens is 2. The van der Waals surface area contributed by atoms with Gasteiger partial charge in [0.25, 0.3) is 0 Å². The number of H-pyrrole nitrogens is 1. The first-order valence-electron chi connectivity index (χ1n) is 3.12. The highest BCUT2D eigenvalue weighted by atomic mass is 19.1. The Kier molecular flexibility index (Phi) is 1.20. The van der Waals surface area contributed by atoms with Gasteiger partial charge in [-0.3, -0.25) is 5.10 Å². The van der Waals surface area contributed by atoms with E-state index < -0.39 is 6.17 Å². The van der Waals surface area contributed by atoms with Gasteiger partial charge in [-0.05, 0) is 0 Å². The summed E-state index contributed by atoms with van der Waals surface area (Å²) in [5.41, 5.74) is 1.41. The molecule has 54 valence electrons. The third-order valence-electron chi connectivity index (χ3n) is 1.60. The molecule has 1 aliphatic rings. The highest BCUT2D eigenvalue weighted by Crippen LogP contribution is 2.24. The Labute approximate surface area is 57.2 Å². The van der Waals surface area contributed by atoms with E-state index >= 15 is 0 Å². The number of hydrogen-bond donors (Lipinski definition) is 1. The van der Waals surface area contributed by atoms with Crippen LogP contribution in [0.4, 0.5) is 4.39 Å². The van der Waals surface area contributed by atoms with E-state index in [1.54, 1.807) is 0 Å². The molecule has 0 aliphatic carbocycles. The minimum absolute atomic E-state index is 0.159. The molecule has 3 nitrogen and oxygen atoms in total. The highest BCUT2D eigenvalue weighted by Gasteiger charge is 2.21. The summed E-state index contributed by atoms with van der Waals surface area (Å²) < 4.78 is 17.7. The summed E-state index contributed by atoms with van der Waals surface area (Å²) in [5.74, 6) is 0. The third kappa shape index (κ3) is 0.724. The molecule has 1 atom stereocenters. The number of alkyl halides is 1. The summed E-state index contributed by atoms with van der Waals surface area (Å²) in [5, 5.41) is 6.38. The van der Waals surface area contributed by atoms with E-state index in [1.165, 1.54) is 6.20 Å². The van der Waals surface area contributed by atoms with Crippen molar-refractivity contribution in [1.82, 2.24) is 10.2 Å². The zero-order chi connectivity index (χ0) is 6.97. The second-order valence-electron chi connectivity index (χ2n) is 2.29. The third-order valence-corrected chi connectivity index (χ3v) is 1.60. The number of rotatable bonds is 0. The van der Waals surface area contributed by atoms with Crippen molar-refractivity contribution in [2.24, 2.45) is 0 Å². The molecule has 0 fully saturated rings. The first kappa shape index (κ1) is 5.85. The summed E-state index contributed by atoms with van der Waals surface area (Å²) >= 11 is 0. The number of halogens is 1. The summed E-state index contributed by atoms with van der Waals surface area (Å²) in [6.07, 6.45) is 0.519. The fourth-order valence-electron chi connectivity index (χ4n) is 1.06. The Morgan fingerprint density at radius 2 is 2.70 bits per heavy atom. The highest BCUT2D eigenvalue weighted by molar-refractivity contribution is 5.20. The molecule has 0 amide bonds. The van der Waals surface area contributed by atoms with E-state index in [2.05, 4.69) is 10.2 Å². The van der Waals surface area contributed by atoms with Gasteiger partial charge in [0.05, 0.1) is 25.1 Å². The Balaban J connectivity index is 2.41. The van der Waals surface area contributed by atoms with Crippen LogP contribution >= 0.6 is 0 Å². The van der Waals surface area contributed by atoms with Gasteiger partial charge < -0.3 is 4.74 Å². The van der Waals surface area contributed by atoms with Crippen LogP contribution in [-0.4, -0.2) is 16.8 Å². The fraction of sp³-hybridized carbons (Fsp3) is 0.500. The van der Waals surface area contributed by atoms with E-state index in [0.29, 0.717) is 12.2 Å². The average Bonchev–Trinajstić information content (AvgIpc) is 2.36. The van der Waals surface area contributed by atoms with Crippen LogP contribution in [0.15, 0.2) is 6.20 Å². The maximum atomic E-state index is 12.8. The molecular formula is C6H7FN2O. The lowest BCUT2D eigenvalue weighted by Crippen LogP contribution is -2.11. The van der Waals surface area contributed by atoms with Crippen molar-refractivity contribution in [1.29, 1.82) is 0 Å². The Morgan fingerprint density at radius 1 is 1.80 bits per heavy atom. The lowest BCUT2D eigenvalue weighted by molar-refractivity contribution is 0.0496. The van der Waals surface area contributed by atoms with E-state index in [1.807, 2.05) is 0 Å². The van der Waals surface area contributed by atoms with E-state index in [0.717, 1.165) is 5.69 Å². The van der Waals surface area contributed by atoms with Gasteiger partial charge >= 0.3 is 0 Å². The molecule has 1 aliphatic heterocycles. The van der Waals surface area contributed by atoms with Crippen LogP contribution in [0, 0.1) is 0 Å². The maximum absolute atomic E-state index is 12.8. The number of nitrogens with one attached hydrogen (secondary N) is 1. The van der Waals surface area contributed by atoms with E-state index in [9.17, 15) is 4.39 Å². The smallest absolute Gasteiger partial charge is 0.152 e. The van der Waals surface area contributed by atoms with Crippen molar-refractivity contribution in [3.05, 3.63) is 17.5 Å². The topological polar surface area (TPSA) is 37.9 Å². The van der Waals surface area contributed by atoms with E-state index in [-0.39, 0.29) is 6.61 Å². The van der Waals surface area contributed by atoms with Gasteiger partial charge in [-0.1, -0.05) is 0 Å². The van der Waals surface area contributed by atoms with Gasteiger partial charge in [0.1, 0.15) is 0 Å². The van der Waals surface area contributed by atoms with Gasteiger partial charge in [-0.2, -0.15) is 5.10 Å². The molecule has 2 heterocycles. The second-order valence-corrected chi connectivity index (χ2v) is 2.29. The van der Waals surface area contributed by atoms with Crippen molar-refractivity contribution in [3.8, 4) is 0 Å². The van der Waals surface area contributed by atoms with Gasteiger partial charge in [0, 0.05) is 5.56 Å². The molecule has 1 N–H and O–H groups in total. The van der Waals surface area contributed by atoms with Crippen LogP contribution in [0.25, 0.3) is 0 Å². The summed E-state index contributed by atoms with van der Waals surface area (Å²) in [6, 6.07) is 0. The molecule has 1 aromatic heterocycles. The molecule has 0 spiro atoms. The summed E-state index contributed by atoms with van der Waals surface area (Å²) in [7, 11) is 0. The predicted octanol–water partition coefficient (Wildman–Crippen LogP) is 0.950. The molecule has 0 aromatic carbocycles. The van der Waals surface area contributed by atoms with Crippen molar-refractivity contribution < 1.29 is 9.13 Å². The maximum Gasteiger partial charge on any atom is 0.152 e. The standard InChI is InChI=1S/C6H7FN2O/c7-5-2-10-3-6-4(5)1-8-9-6/h1,5H,2-3H2,(H,8,9). The number of fused-ring (bicyclic) bond motifs is 1. The van der Waals surface area contributed by atoms with Crippen molar-refractivity contribution in [2.75, 3.05) is 6.61 Å². The molecule has 10 heavy (non-hydrogen) atoms. The zero-order valence-corrected chi connectivity index (χ0v) is 5.30. The SMILES string of the molecule is FC1COCc2[nH]ncc21. The van der Waals surface area contributed by atoms with Crippen LogP contribution in [0.5, 0.6) is 0 Å². The van der Waals surface area contributed by atoms with Crippen LogP contribution < -0.4 is 0 Å². The Hall–Kier alpha value is -0.900. The van der Waals surface area contributed by atoms with Gasteiger partial charge in [0.2, 0.25) is 0 Å². The molecule has 2 rings (SSSR count). The Morgan fingerprint density at radius 3 is 3.50 bits per heavy atom. The van der Waals surface area contributed by atoms with Crippen molar-refractivity contribution >= 4 is 0 Å². The van der Waals surface area contributed by atoms with Crippen molar-refractivity contribution in [3.63, 3.8) is 0 Å². The molecule has 1 aromatic rings. The summed E-state index contributed by atoms with van der Waals surface area (Å²) in [6.45, 7) is 0.613. The van der Waals surface area contributed by atoms with Gasteiger partial charge in [-0.25, -0.2) is 4.39 Å². The monoisotopic (exact) mass is 142 g/mol. The quantitative estimate of drug-likeness (QED) is 0.585. The van der Waals surface area contributed by atoms with Crippen LogP contribution in [0.2, 0.25) is 0 Å². The largest absolute Gasteiger partial charge is 0.372 e. The minimum atomic E-state index is -0.998. The number of aromatic amines is 1. The van der Waals surface area contributed by atoms with Crippen molar-refractivity contribution in [2.45, 2.75) is 12.8 Å². The van der Waals surface area contributed by atoms with Crippen LogP contribution in [-0.2, 0) is 11.3 Å². The minimum Gasteiger partial charge on any atom is -0.372 e. The molecule has 4 heteroatoms. The van der Waals surface area contributed by atoms with Gasteiger partial charge in [-0.15, -0.1) is 0 Å². The molecule has 0 saturated heterocycles. The molecule has 0 bridgehead atoms. The fourth-order valence-corrected chi connectivity index (χ4v) is 1.06. The molecule has 0 radical (unpaired) electrons. The molecule has 0 saturated carbocycles. The van der Waals surface area contributed by atoms with Crippen LogP contribution in [0.3, 0.4) is 0 Å². The van der Waals surface area contributed by atoms with Gasteiger partial charge in [0.15, 0.2) is 6.17 Å². The normalized spacial score (nSPS) is 24.3. The zero-order valence-electron chi connectivity index (χ0n) is 5.30. The van der Waals surface area contributed by atoms with Crippen LogP contribution in [0.1, 0.15) is 17.4 Å². The lowest BCUT2D eigenvalue weighted by atomic mass is 10.1. The number of hydrogen-bond acceptors (Lipinski definition) is 2. The number of ether oxygens (including phenoxy) is 1. The Bertz CT molecular complexity index is 235. The average molecular weight is 142 g/mol. The second kappa shape index (κ2) is 2.05. The first-order valence-corrected chi connectivity index (χ1v) is 3.12. The first-order chi connectivity index (χ1) is 4.88. The molecule has 1 unspecified atom stereocenters. The summed E-state index contributed by atoms with van der Waals surface area (Å²) in [4.78, 5) is 0. The lowest BCUT2D eigenvalue weighted by Gasteiger charge is -2.14. The predicted molar refractivity (Wildman–Crippen MR) is 32.1 cm³/mol.